The first-order valence-corrected chi connectivity index (χ1v) is 8.54. The largest absolute Gasteiger partial charge is 0.465 e. The van der Waals surface area contributed by atoms with Gasteiger partial charge in [0, 0.05) is 35.9 Å². The molecule has 0 atom stereocenters. The normalized spacial score (nSPS) is 13.6. The predicted molar refractivity (Wildman–Crippen MR) is 94.4 cm³/mol. The molecule has 0 radical (unpaired) electrons. The number of carbonyl (C=O) groups is 2. The van der Waals surface area contributed by atoms with Crippen molar-refractivity contribution in [3.63, 3.8) is 0 Å². The maximum absolute atomic E-state index is 12.7. The molecule has 7 nitrogen and oxygen atoms in total. The topological polar surface area (TPSA) is 98.3 Å². The molecule has 126 valence electrons. The summed E-state index contributed by atoms with van der Waals surface area (Å²) in [5.74, 6) is -0.522. The molecule has 0 spiro atoms. The van der Waals surface area contributed by atoms with Gasteiger partial charge in [-0.3, -0.25) is 4.79 Å². The van der Waals surface area contributed by atoms with E-state index in [1.807, 2.05) is 35.7 Å². The number of hydrogen-bond donors (Lipinski definition) is 3. The average Bonchev–Trinajstić information content (AvgIpc) is 3.24. The minimum absolute atomic E-state index is 0.143. The number of carboxylic acid groups (broad SMARTS) is 1. The van der Waals surface area contributed by atoms with Crippen LogP contribution in [0.1, 0.15) is 16.1 Å². The van der Waals surface area contributed by atoms with E-state index in [9.17, 15) is 14.7 Å². The van der Waals surface area contributed by atoms with Crippen molar-refractivity contribution in [2.45, 2.75) is 6.42 Å². The third kappa shape index (κ3) is 2.66. The van der Waals surface area contributed by atoms with Crippen molar-refractivity contribution < 1.29 is 14.7 Å². The number of fused-ring (bicyclic) bond motifs is 1. The van der Waals surface area contributed by atoms with Crippen molar-refractivity contribution in [2.24, 2.45) is 0 Å². The van der Waals surface area contributed by atoms with E-state index in [1.54, 1.807) is 6.20 Å². The second kappa shape index (κ2) is 6.06. The summed E-state index contributed by atoms with van der Waals surface area (Å²) >= 11 is 1.45. The number of anilines is 2. The number of amides is 2. The Balaban J connectivity index is 1.86. The van der Waals surface area contributed by atoms with Crippen LogP contribution < -0.4 is 5.32 Å². The number of imide groups is 1. The van der Waals surface area contributed by atoms with Gasteiger partial charge in [0.1, 0.15) is 5.01 Å². The van der Waals surface area contributed by atoms with Gasteiger partial charge in [0.05, 0.1) is 16.9 Å². The maximum atomic E-state index is 12.7. The number of hydrogen-bond acceptors (Lipinski definition) is 5. The first-order valence-electron chi connectivity index (χ1n) is 7.66. The van der Waals surface area contributed by atoms with Crippen molar-refractivity contribution in [2.75, 3.05) is 11.9 Å². The summed E-state index contributed by atoms with van der Waals surface area (Å²) in [6.45, 7) is 0.143. The number of nitrogens with one attached hydrogen (secondary N) is 2. The summed E-state index contributed by atoms with van der Waals surface area (Å²) in [4.78, 5) is 32.5. The third-order valence-electron chi connectivity index (χ3n) is 4.04. The first-order chi connectivity index (χ1) is 12.1. The summed E-state index contributed by atoms with van der Waals surface area (Å²) in [7, 11) is 0. The molecule has 0 unspecified atom stereocenters. The van der Waals surface area contributed by atoms with E-state index in [2.05, 4.69) is 15.3 Å². The number of H-pyrrole nitrogens is 1. The molecule has 3 aromatic rings. The Morgan fingerprint density at radius 1 is 1.32 bits per heavy atom. The average molecular weight is 354 g/mol. The molecule has 2 aromatic heterocycles. The maximum Gasteiger partial charge on any atom is 0.414 e. The fraction of sp³-hybridized carbons (Fsp3) is 0.118. The number of thiazole rings is 1. The minimum Gasteiger partial charge on any atom is -0.465 e. The van der Waals surface area contributed by atoms with Gasteiger partial charge in [-0.1, -0.05) is 18.2 Å². The monoisotopic (exact) mass is 354 g/mol. The second-order valence-electron chi connectivity index (χ2n) is 5.55. The number of benzene rings is 1. The molecule has 4 rings (SSSR count). The van der Waals surface area contributed by atoms with Crippen LogP contribution in [0.5, 0.6) is 0 Å². The van der Waals surface area contributed by atoms with Crippen LogP contribution in [-0.2, 0) is 6.42 Å². The zero-order chi connectivity index (χ0) is 17.4. The highest BCUT2D eigenvalue weighted by Crippen LogP contribution is 2.38. The summed E-state index contributed by atoms with van der Waals surface area (Å²) in [5.41, 5.74) is 3.16. The van der Waals surface area contributed by atoms with Gasteiger partial charge < -0.3 is 15.4 Å². The van der Waals surface area contributed by atoms with Crippen LogP contribution >= 0.6 is 11.3 Å². The zero-order valence-corrected chi connectivity index (χ0v) is 13.8. The quantitative estimate of drug-likeness (QED) is 0.668. The molecular weight excluding hydrogens is 340 g/mol. The predicted octanol–water partition coefficient (Wildman–Crippen LogP) is 3.56. The minimum atomic E-state index is -1.24. The van der Waals surface area contributed by atoms with E-state index in [4.69, 9.17) is 0 Å². The van der Waals surface area contributed by atoms with Gasteiger partial charge in [0.25, 0.3) is 5.91 Å². The molecule has 0 fully saturated rings. The van der Waals surface area contributed by atoms with Crippen molar-refractivity contribution in [1.82, 2.24) is 14.9 Å². The number of rotatable bonds is 3. The fourth-order valence-corrected chi connectivity index (χ4v) is 3.56. The molecule has 25 heavy (non-hydrogen) atoms. The van der Waals surface area contributed by atoms with Crippen LogP contribution in [0.25, 0.3) is 10.7 Å². The summed E-state index contributed by atoms with van der Waals surface area (Å²) < 4.78 is 0. The lowest BCUT2D eigenvalue weighted by atomic mass is 10.1. The van der Waals surface area contributed by atoms with Crippen LogP contribution in [0, 0.1) is 0 Å². The Hall–Kier alpha value is -3.13. The Kier molecular flexibility index (Phi) is 3.73. The number of aromatic amines is 1. The van der Waals surface area contributed by atoms with Crippen molar-refractivity contribution >= 4 is 34.7 Å². The van der Waals surface area contributed by atoms with Gasteiger partial charge in [0.15, 0.2) is 0 Å². The van der Waals surface area contributed by atoms with E-state index < -0.39 is 12.0 Å². The van der Waals surface area contributed by atoms with E-state index in [-0.39, 0.29) is 6.54 Å². The van der Waals surface area contributed by atoms with Gasteiger partial charge >= 0.3 is 6.09 Å². The van der Waals surface area contributed by atoms with Crippen LogP contribution in [0.15, 0.2) is 41.9 Å². The van der Waals surface area contributed by atoms with Gasteiger partial charge in [0.2, 0.25) is 0 Å². The molecule has 0 saturated carbocycles. The van der Waals surface area contributed by atoms with E-state index in [0.717, 1.165) is 21.3 Å². The van der Waals surface area contributed by atoms with Crippen molar-refractivity contribution in [3.05, 3.63) is 53.2 Å². The molecule has 0 aliphatic carbocycles. The lowest BCUT2D eigenvalue weighted by molar-refractivity contribution is 0.0728. The highest BCUT2D eigenvalue weighted by molar-refractivity contribution is 7.13. The summed E-state index contributed by atoms with van der Waals surface area (Å²) in [5, 5.41) is 15.1. The fourth-order valence-electron chi connectivity index (χ4n) is 2.92. The SMILES string of the molecule is O=C(O)N1CCc2[nH]c(-c3nccs3)c(Nc3ccccc3)c2C1=O. The summed E-state index contributed by atoms with van der Waals surface area (Å²) in [6.07, 6.45) is 0.901. The van der Waals surface area contributed by atoms with Gasteiger partial charge in [-0.15, -0.1) is 11.3 Å². The zero-order valence-electron chi connectivity index (χ0n) is 13.0. The smallest absolute Gasteiger partial charge is 0.414 e. The molecule has 0 bridgehead atoms. The Morgan fingerprint density at radius 2 is 2.12 bits per heavy atom. The number of nitrogens with zero attached hydrogens (tertiary/aromatic N) is 2. The Labute approximate surface area is 146 Å². The van der Waals surface area contributed by atoms with Gasteiger partial charge in [-0.05, 0) is 12.1 Å². The van der Waals surface area contributed by atoms with Crippen LogP contribution in [-0.4, -0.2) is 38.5 Å². The molecule has 1 aromatic carbocycles. The number of para-hydroxylation sites is 1. The van der Waals surface area contributed by atoms with Crippen molar-refractivity contribution in [1.29, 1.82) is 0 Å². The molecule has 8 heteroatoms. The lowest BCUT2D eigenvalue weighted by Crippen LogP contribution is -2.41. The molecule has 1 aliphatic heterocycles. The van der Waals surface area contributed by atoms with E-state index >= 15 is 0 Å². The highest BCUT2D eigenvalue weighted by atomic mass is 32.1. The molecule has 1 aliphatic rings. The Morgan fingerprint density at radius 3 is 2.80 bits per heavy atom. The molecular formula is C17H14N4O3S. The van der Waals surface area contributed by atoms with Crippen molar-refractivity contribution in [3.8, 4) is 10.7 Å². The molecule has 3 N–H and O–H groups in total. The molecule has 3 heterocycles. The lowest BCUT2D eigenvalue weighted by Gasteiger charge is -2.23. The summed E-state index contributed by atoms with van der Waals surface area (Å²) in [6, 6.07) is 9.43. The second-order valence-corrected chi connectivity index (χ2v) is 6.44. The third-order valence-corrected chi connectivity index (χ3v) is 4.83. The van der Waals surface area contributed by atoms with Crippen LogP contribution in [0.4, 0.5) is 16.2 Å². The molecule has 2 amide bonds. The highest BCUT2D eigenvalue weighted by Gasteiger charge is 2.35. The standard InChI is InChI=1S/C17H14N4O3S/c22-16-12-11(6-8-21(16)17(23)24)20-14(15-18-7-9-25-15)13(12)19-10-4-2-1-3-5-10/h1-5,7,9,19-20H,6,8H2,(H,23,24). The van der Waals surface area contributed by atoms with Gasteiger partial charge in [-0.2, -0.15) is 0 Å². The number of aromatic nitrogens is 2. The van der Waals surface area contributed by atoms with Gasteiger partial charge in [-0.25, -0.2) is 14.7 Å². The van der Waals surface area contributed by atoms with Crippen LogP contribution in [0.3, 0.4) is 0 Å². The van der Waals surface area contributed by atoms with Crippen LogP contribution in [0.2, 0.25) is 0 Å². The first kappa shape index (κ1) is 15.4. The molecule has 0 saturated heterocycles. The Bertz CT molecular complexity index is 934. The van der Waals surface area contributed by atoms with E-state index in [0.29, 0.717) is 23.4 Å². The van der Waals surface area contributed by atoms with E-state index in [1.165, 1.54) is 11.3 Å². The number of carbonyl (C=O) groups excluding carboxylic acids is 1.